The first kappa shape index (κ1) is 12.8. The fraction of sp³-hybridized carbons (Fsp3) is 0.231. The average molecular weight is 311 g/mol. The Bertz CT molecular complexity index is 496. The first-order valence-corrected chi connectivity index (χ1v) is 7.13. The Morgan fingerprint density at radius 1 is 1.35 bits per heavy atom. The number of nitrogens with two attached hydrogens (primary N) is 1. The lowest BCUT2D eigenvalue weighted by Crippen LogP contribution is -2.30. The summed E-state index contributed by atoms with van der Waals surface area (Å²) in [4.78, 5) is 1.32. The third-order valence-electron chi connectivity index (χ3n) is 2.85. The monoisotopic (exact) mass is 310 g/mol. The van der Waals surface area contributed by atoms with E-state index in [1.165, 1.54) is 16.0 Å². The maximum Gasteiger partial charge on any atom is 0.0511 e. The summed E-state index contributed by atoms with van der Waals surface area (Å²) >= 11 is 5.31. The van der Waals surface area contributed by atoms with Crippen LogP contribution in [0.4, 0.5) is 0 Å². The molecular formula is C13H15BrN2S. The van der Waals surface area contributed by atoms with Crippen molar-refractivity contribution in [2.45, 2.75) is 19.4 Å². The Morgan fingerprint density at radius 2 is 2.12 bits per heavy atom. The quantitative estimate of drug-likeness (QED) is 0.669. The molecule has 0 bridgehead atoms. The second-order valence-corrected chi connectivity index (χ2v) is 5.83. The van der Waals surface area contributed by atoms with E-state index >= 15 is 0 Å². The van der Waals surface area contributed by atoms with Crippen LogP contribution in [0.2, 0.25) is 0 Å². The van der Waals surface area contributed by atoms with Gasteiger partial charge in [-0.25, -0.2) is 0 Å². The van der Waals surface area contributed by atoms with E-state index in [0.717, 1.165) is 10.9 Å². The van der Waals surface area contributed by atoms with E-state index in [1.807, 2.05) is 6.07 Å². The third-order valence-corrected chi connectivity index (χ3v) is 4.79. The minimum atomic E-state index is 0.158. The molecule has 0 saturated heterocycles. The van der Waals surface area contributed by atoms with Gasteiger partial charge in [-0.3, -0.25) is 11.3 Å². The van der Waals surface area contributed by atoms with Crippen molar-refractivity contribution in [2.75, 3.05) is 0 Å². The van der Waals surface area contributed by atoms with Crippen LogP contribution in [-0.4, -0.2) is 0 Å². The summed E-state index contributed by atoms with van der Waals surface area (Å²) in [7, 11) is 0. The van der Waals surface area contributed by atoms with Gasteiger partial charge in [0.15, 0.2) is 0 Å². The molecule has 0 spiro atoms. The van der Waals surface area contributed by atoms with Crippen LogP contribution in [0.3, 0.4) is 0 Å². The van der Waals surface area contributed by atoms with Gasteiger partial charge in [-0.15, -0.1) is 11.3 Å². The summed E-state index contributed by atoms with van der Waals surface area (Å²) < 4.78 is 1.16. The van der Waals surface area contributed by atoms with Gasteiger partial charge in [-0.2, -0.15) is 0 Å². The number of benzene rings is 1. The molecule has 3 N–H and O–H groups in total. The summed E-state index contributed by atoms with van der Waals surface area (Å²) in [6.07, 6.45) is 0.902. The molecule has 17 heavy (non-hydrogen) atoms. The van der Waals surface area contributed by atoms with Crippen LogP contribution in [-0.2, 0) is 6.42 Å². The molecule has 1 heterocycles. The van der Waals surface area contributed by atoms with Crippen LogP contribution in [0.15, 0.2) is 40.2 Å². The molecule has 0 aliphatic rings. The van der Waals surface area contributed by atoms with Gasteiger partial charge in [0.1, 0.15) is 0 Å². The molecule has 90 valence electrons. The van der Waals surface area contributed by atoms with Gasteiger partial charge >= 0.3 is 0 Å². The second kappa shape index (κ2) is 5.78. The molecule has 2 aromatic rings. The van der Waals surface area contributed by atoms with Gasteiger partial charge in [0.25, 0.3) is 0 Å². The zero-order chi connectivity index (χ0) is 12.3. The molecular weight excluding hydrogens is 296 g/mol. The Labute approximate surface area is 114 Å². The molecule has 0 amide bonds. The van der Waals surface area contributed by atoms with Crippen molar-refractivity contribution in [3.63, 3.8) is 0 Å². The molecule has 1 unspecified atom stereocenters. The number of aryl methyl sites for hydroxylation is 1. The minimum absolute atomic E-state index is 0.158. The molecule has 2 nitrogen and oxygen atoms in total. The number of hydrogen-bond acceptors (Lipinski definition) is 3. The Kier molecular flexibility index (Phi) is 4.34. The van der Waals surface area contributed by atoms with Gasteiger partial charge in [0.2, 0.25) is 0 Å². The number of thiophene rings is 1. The van der Waals surface area contributed by atoms with Gasteiger partial charge in [-0.1, -0.05) is 24.3 Å². The zero-order valence-electron chi connectivity index (χ0n) is 9.61. The standard InChI is InChI=1S/C13H15BrN2S/c1-9-4-2-3-5-10(9)12(16-15)8-13-11(14)6-7-17-13/h2-7,12,16H,8,15H2,1H3. The van der Waals surface area contributed by atoms with E-state index in [4.69, 9.17) is 5.84 Å². The lowest BCUT2D eigenvalue weighted by Gasteiger charge is -2.18. The predicted octanol–water partition coefficient (Wildman–Crippen LogP) is 3.57. The van der Waals surface area contributed by atoms with Gasteiger partial charge in [0.05, 0.1) is 6.04 Å². The first-order valence-electron chi connectivity index (χ1n) is 5.46. The van der Waals surface area contributed by atoms with Crippen LogP contribution >= 0.6 is 27.3 Å². The number of hydrazine groups is 1. The van der Waals surface area contributed by atoms with E-state index in [9.17, 15) is 0 Å². The van der Waals surface area contributed by atoms with E-state index in [0.29, 0.717) is 0 Å². The smallest absolute Gasteiger partial charge is 0.0511 e. The highest BCUT2D eigenvalue weighted by Gasteiger charge is 2.14. The van der Waals surface area contributed by atoms with E-state index in [1.54, 1.807) is 11.3 Å². The number of hydrogen-bond donors (Lipinski definition) is 2. The van der Waals surface area contributed by atoms with Gasteiger partial charge < -0.3 is 0 Å². The Balaban J connectivity index is 2.23. The predicted molar refractivity (Wildman–Crippen MR) is 77.0 cm³/mol. The normalized spacial score (nSPS) is 12.6. The lowest BCUT2D eigenvalue weighted by molar-refractivity contribution is 0.552. The summed E-state index contributed by atoms with van der Waals surface area (Å²) in [6, 6.07) is 10.6. The fourth-order valence-corrected chi connectivity index (χ4v) is 3.45. The van der Waals surface area contributed by atoms with Gasteiger partial charge in [0, 0.05) is 15.8 Å². The Morgan fingerprint density at radius 3 is 2.71 bits per heavy atom. The maximum atomic E-state index is 5.68. The summed E-state index contributed by atoms with van der Waals surface area (Å²) in [5.41, 5.74) is 5.44. The highest BCUT2D eigenvalue weighted by molar-refractivity contribution is 9.10. The van der Waals surface area contributed by atoms with Gasteiger partial charge in [-0.05, 0) is 45.4 Å². The Hall–Kier alpha value is -0.680. The molecule has 0 saturated carbocycles. The van der Waals surface area contributed by atoms with Crippen molar-refractivity contribution in [1.82, 2.24) is 5.43 Å². The fourth-order valence-electron chi connectivity index (χ4n) is 1.89. The maximum absolute atomic E-state index is 5.68. The SMILES string of the molecule is Cc1ccccc1C(Cc1sccc1Br)NN. The van der Waals surface area contributed by atoms with Crippen molar-refractivity contribution in [2.24, 2.45) is 5.84 Å². The van der Waals surface area contributed by atoms with Crippen molar-refractivity contribution in [3.8, 4) is 0 Å². The number of nitrogens with one attached hydrogen (secondary N) is 1. The molecule has 4 heteroatoms. The van der Waals surface area contributed by atoms with Crippen LogP contribution in [0.1, 0.15) is 22.0 Å². The lowest BCUT2D eigenvalue weighted by atomic mass is 9.99. The van der Waals surface area contributed by atoms with Crippen molar-refractivity contribution >= 4 is 27.3 Å². The van der Waals surface area contributed by atoms with E-state index in [-0.39, 0.29) is 6.04 Å². The molecule has 1 aromatic carbocycles. The van der Waals surface area contributed by atoms with Crippen LogP contribution in [0, 0.1) is 6.92 Å². The minimum Gasteiger partial charge on any atom is -0.271 e. The second-order valence-electron chi connectivity index (χ2n) is 3.97. The van der Waals surface area contributed by atoms with Crippen molar-refractivity contribution in [3.05, 3.63) is 56.2 Å². The van der Waals surface area contributed by atoms with Crippen LogP contribution in [0.25, 0.3) is 0 Å². The zero-order valence-corrected chi connectivity index (χ0v) is 12.0. The summed E-state index contributed by atoms with van der Waals surface area (Å²) in [5, 5.41) is 2.09. The van der Waals surface area contributed by atoms with E-state index < -0.39 is 0 Å². The summed E-state index contributed by atoms with van der Waals surface area (Å²) in [6.45, 7) is 2.11. The largest absolute Gasteiger partial charge is 0.271 e. The molecule has 1 aromatic heterocycles. The number of rotatable bonds is 4. The first-order chi connectivity index (χ1) is 8.22. The molecule has 1 atom stereocenters. The van der Waals surface area contributed by atoms with Crippen molar-refractivity contribution < 1.29 is 0 Å². The third kappa shape index (κ3) is 2.96. The van der Waals surface area contributed by atoms with Crippen LogP contribution in [0.5, 0.6) is 0 Å². The molecule has 0 fully saturated rings. The summed E-state index contributed by atoms with van der Waals surface area (Å²) in [5.74, 6) is 5.68. The average Bonchev–Trinajstić information content (AvgIpc) is 2.73. The molecule has 0 aliphatic carbocycles. The number of halogens is 1. The highest BCUT2D eigenvalue weighted by atomic mass is 79.9. The van der Waals surface area contributed by atoms with Crippen molar-refractivity contribution in [1.29, 1.82) is 0 Å². The topological polar surface area (TPSA) is 38.0 Å². The molecule has 2 rings (SSSR count). The highest BCUT2D eigenvalue weighted by Crippen LogP contribution is 2.28. The van der Waals surface area contributed by atoms with Crippen LogP contribution < -0.4 is 11.3 Å². The molecule has 0 radical (unpaired) electrons. The molecule has 0 aliphatic heterocycles. The van der Waals surface area contributed by atoms with E-state index in [2.05, 4.69) is 57.9 Å².